The zero-order valence-corrected chi connectivity index (χ0v) is 14.0. The summed E-state index contributed by atoms with van der Waals surface area (Å²) in [5.74, 6) is 1.77. The third-order valence-corrected chi connectivity index (χ3v) is 4.27. The highest BCUT2D eigenvalue weighted by Crippen LogP contribution is 2.24. The van der Waals surface area contributed by atoms with Crippen LogP contribution in [0.25, 0.3) is 0 Å². The minimum Gasteiger partial charge on any atom is -0.383 e. The number of morpholine rings is 2. The van der Waals surface area contributed by atoms with Gasteiger partial charge in [0.1, 0.15) is 17.7 Å². The second kappa shape index (κ2) is 8.01. The molecule has 0 aromatic carbocycles. The number of nitrogens with zero attached hydrogens (tertiary/aromatic N) is 4. The lowest BCUT2D eigenvalue weighted by molar-refractivity contribution is -0.0376. The highest BCUT2D eigenvalue weighted by atomic mass is 16.5. The quantitative estimate of drug-likeness (QED) is 0.788. The standard InChI is InChI=1S/C16H26N4O3/c1-13-17-14(11-16(18-13)20-5-8-22-9-6-20)15-12-19(3-7-21-2)4-10-23-15/h11,15H,3-10,12H2,1-2H3/t15-/m1/s1. The Kier molecular flexibility index (Phi) is 5.77. The Morgan fingerprint density at radius 3 is 2.83 bits per heavy atom. The molecule has 2 fully saturated rings. The van der Waals surface area contributed by atoms with E-state index in [4.69, 9.17) is 14.2 Å². The van der Waals surface area contributed by atoms with Crippen LogP contribution < -0.4 is 4.90 Å². The van der Waals surface area contributed by atoms with Crippen LogP contribution in [0.2, 0.25) is 0 Å². The fourth-order valence-electron chi connectivity index (χ4n) is 3.00. The maximum atomic E-state index is 5.96. The molecule has 0 unspecified atom stereocenters. The van der Waals surface area contributed by atoms with Crippen molar-refractivity contribution < 1.29 is 14.2 Å². The highest BCUT2D eigenvalue weighted by Gasteiger charge is 2.24. The van der Waals surface area contributed by atoms with Gasteiger partial charge in [0.15, 0.2) is 0 Å². The lowest BCUT2D eigenvalue weighted by Crippen LogP contribution is -2.40. The zero-order chi connectivity index (χ0) is 16.1. The molecule has 3 rings (SSSR count). The summed E-state index contributed by atoms with van der Waals surface area (Å²) in [5, 5.41) is 0. The van der Waals surface area contributed by atoms with Crippen LogP contribution in [0.3, 0.4) is 0 Å². The SMILES string of the molecule is COCCN1CCO[C@@H](c2cc(N3CCOCC3)nc(C)n2)C1. The Bertz CT molecular complexity index is 508. The summed E-state index contributed by atoms with van der Waals surface area (Å²) >= 11 is 0. The minimum absolute atomic E-state index is 0.00194. The van der Waals surface area contributed by atoms with Crippen molar-refractivity contribution in [1.82, 2.24) is 14.9 Å². The molecule has 23 heavy (non-hydrogen) atoms. The molecule has 1 aromatic heterocycles. The maximum Gasteiger partial charge on any atom is 0.132 e. The largest absolute Gasteiger partial charge is 0.383 e. The Morgan fingerprint density at radius 2 is 2.04 bits per heavy atom. The molecule has 2 aliphatic rings. The maximum absolute atomic E-state index is 5.96. The van der Waals surface area contributed by atoms with Gasteiger partial charge in [-0.15, -0.1) is 0 Å². The first-order valence-corrected chi connectivity index (χ1v) is 8.27. The molecule has 7 nitrogen and oxygen atoms in total. The van der Waals surface area contributed by atoms with E-state index in [-0.39, 0.29) is 6.10 Å². The number of hydrogen-bond acceptors (Lipinski definition) is 7. The summed E-state index contributed by atoms with van der Waals surface area (Å²) in [7, 11) is 1.74. The first-order valence-electron chi connectivity index (χ1n) is 8.27. The van der Waals surface area contributed by atoms with Crippen molar-refractivity contribution in [2.45, 2.75) is 13.0 Å². The number of aryl methyl sites for hydroxylation is 1. The normalized spacial score (nSPS) is 23.2. The van der Waals surface area contributed by atoms with Gasteiger partial charge in [-0.2, -0.15) is 0 Å². The molecule has 1 atom stereocenters. The second-order valence-corrected chi connectivity index (χ2v) is 5.95. The number of anilines is 1. The van der Waals surface area contributed by atoms with E-state index >= 15 is 0 Å². The Hall–Kier alpha value is -1.28. The van der Waals surface area contributed by atoms with Crippen LogP contribution in [0.15, 0.2) is 6.07 Å². The molecule has 2 saturated heterocycles. The van der Waals surface area contributed by atoms with Gasteiger partial charge in [0.2, 0.25) is 0 Å². The molecule has 0 N–H and O–H groups in total. The van der Waals surface area contributed by atoms with Gasteiger partial charge in [-0.05, 0) is 6.92 Å². The van der Waals surface area contributed by atoms with Crippen LogP contribution in [-0.4, -0.2) is 81.1 Å². The summed E-state index contributed by atoms with van der Waals surface area (Å²) in [6.45, 7) is 9.40. The second-order valence-electron chi connectivity index (χ2n) is 5.95. The number of methoxy groups -OCH3 is 1. The molecule has 2 aliphatic heterocycles. The molecule has 0 saturated carbocycles. The number of ether oxygens (including phenoxy) is 3. The molecule has 0 spiro atoms. The molecular weight excluding hydrogens is 296 g/mol. The lowest BCUT2D eigenvalue weighted by atomic mass is 10.2. The van der Waals surface area contributed by atoms with E-state index in [1.807, 2.05) is 6.92 Å². The van der Waals surface area contributed by atoms with Crippen LogP contribution in [0.4, 0.5) is 5.82 Å². The van der Waals surface area contributed by atoms with Crippen LogP contribution >= 0.6 is 0 Å². The van der Waals surface area contributed by atoms with Crippen molar-refractivity contribution in [3.63, 3.8) is 0 Å². The zero-order valence-electron chi connectivity index (χ0n) is 14.0. The van der Waals surface area contributed by atoms with Crippen LogP contribution in [0, 0.1) is 6.92 Å². The van der Waals surface area contributed by atoms with Gasteiger partial charge < -0.3 is 19.1 Å². The van der Waals surface area contributed by atoms with Gasteiger partial charge in [0.25, 0.3) is 0 Å². The fraction of sp³-hybridized carbons (Fsp3) is 0.750. The molecule has 1 aromatic rings. The Balaban J connectivity index is 1.72. The van der Waals surface area contributed by atoms with E-state index in [0.29, 0.717) is 0 Å². The molecule has 0 amide bonds. The number of aromatic nitrogens is 2. The first kappa shape index (κ1) is 16.6. The molecule has 3 heterocycles. The molecule has 0 aliphatic carbocycles. The summed E-state index contributed by atoms with van der Waals surface area (Å²) in [5.41, 5.74) is 0.973. The van der Waals surface area contributed by atoms with Gasteiger partial charge >= 0.3 is 0 Å². The molecule has 7 heteroatoms. The summed E-state index contributed by atoms with van der Waals surface area (Å²) < 4.78 is 16.6. The predicted molar refractivity (Wildman–Crippen MR) is 86.8 cm³/mol. The van der Waals surface area contributed by atoms with Crippen molar-refractivity contribution in [3.05, 3.63) is 17.6 Å². The molecular formula is C16H26N4O3. The average molecular weight is 322 g/mol. The van der Waals surface area contributed by atoms with Crippen molar-refractivity contribution in [1.29, 1.82) is 0 Å². The lowest BCUT2D eigenvalue weighted by Gasteiger charge is -2.33. The predicted octanol–water partition coefficient (Wildman–Crippen LogP) is 0.641. The van der Waals surface area contributed by atoms with E-state index in [1.54, 1.807) is 7.11 Å². The highest BCUT2D eigenvalue weighted by molar-refractivity contribution is 5.40. The molecule has 0 radical (unpaired) electrons. The number of hydrogen-bond donors (Lipinski definition) is 0. The van der Waals surface area contributed by atoms with Gasteiger partial charge in [-0.25, -0.2) is 9.97 Å². The van der Waals surface area contributed by atoms with Crippen LogP contribution in [0.1, 0.15) is 17.6 Å². The van der Waals surface area contributed by atoms with E-state index in [9.17, 15) is 0 Å². The van der Waals surface area contributed by atoms with Crippen molar-refractivity contribution in [2.75, 3.05) is 71.2 Å². The van der Waals surface area contributed by atoms with Gasteiger partial charge in [0, 0.05) is 45.9 Å². The Morgan fingerprint density at radius 1 is 1.22 bits per heavy atom. The molecule has 128 valence electrons. The van der Waals surface area contributed by atoms with Crippen molar-refractivity contribution in [3.8, 4) is 0 Å². The van der Waals surface area contributed by atoms with E-state index in [1.165, 1.54) is 0 Å². The first-order chi connectivity index (χ1) is 11.3. The topological polar surface area (TPSA) is 60.0 Å². The summed E-state index contributed by atoms with van der Waals surface area (Å²) in [6, 6.07) is 2.07. The smallest absolute Gasteiger partial charge is 0.132 e. The average Bonchev–Trinajstić information content (AvgIpc) is 2.60. The van der Waals surface area contributed by atoms with Gasteiger partial charge in [0.05, 0.1) is 32.1 Å². The molecule has 0 bridgehead atoms. The fourth-order valence-corrected chi connectivity index (χ4v) is 3.00. The van der Waals surface area contributed by atoms with E-state index in [2.05, 4.69) is 25.8 Å². The third kappa shape index (κ3) is 4.38. The monoisotopic (exact) mass is 322 g/mol. The summed E-state index contributed by atoms with van der Waals surface area (Å²) in [6.07, 6.45) is 0.00194. The van der Waals surface area contributed by atoms with E-state index in [0.717, 1.165) is 76.5 Å². The van der Waals surface area contributed by atoms with Crippen LogP contribution in [-0.2, 0) is 14.2 Å². The third-order valence-electron chi connectivity index (χ3n) is 4.27. The van der Waals surface area contributed by atoms with Gasteiger partial charge in [-0.3, -0.25) is 4.90 Å². The minimum atomic E-state index is 0.00194. The Labute approximate surface area is 137 Å². The van der Waals surface area contributed by atoms with Crippen molar-refractivity contribution in [2.24, 2.45) is 0 Å². The van der Waals surface area contributed by atoms with Crippen molar-refractivity contribution >= 4 is 5.82 Å². The summed E-state index contributed by atoms with van der Waals surface area (Å²) in [4.78, 5) is 13.8. The van der Waals surface area contributed by atoms with E-state index < -0.39 is 0 Å². The number of rotatable bonds is 5. The van der Waals surface area contributed by atoms with Gasteiger partial charge in [-0.1, -0.05) is 0 Å². The van der Waals surface area contributed by atoms with Crippen LogP contribution in [0.5, 0.6) is 0 Å².